The number of aliphatic carboxylic acids is 1. The van der Waals surface area contributed by atoms with Crippen LogP contribution in [0.25, 0.3) is 0 Å². The Labute approximate surface area is 97.8 Å². The fourth-order valence-electron chi connectivity index (χ4n) is 2.14. The first-order valence-corrected chi connectivity index (χ1v) is 5.51. The van der Waals surface area contributed by atoms with Gasteiger partial charge < -0.3 is 10.4 Å². The van der Waals surface area contributed by atoms with Crippen LogP contribution < -0.4 is 5.32 Å². The van der Waals surface area contributed by atoms with Crippen LogP contribution in [0.3, 0.4) is 0 Å². The van der Waals surface area contributed by atoms with E-state index >= 15 is 0 Å². The highest BCUT2D eigenvalue weighted by molar-refractivity contribution is 5.87. The van der Waals surface area contributed by atoms with Crippen LogP contribution in [-0.4, -0.2) is 37.5 Å². The summed E-state index contributed by atoms with van der Waals surface area (Å²) in [4.78, 5) is 22.9. The summed E-state index contributed by atoms with van der Waals surface area (Å²) in [6, 6.07) is 0. The largest absolute Gasteiger partial charge is 0.480 e. The topological polar surface area (TPSA) is 97.1 Å². The highest BCUT2D eigenvalue weighted by Crippen LogP contribution is 2.29. The van der Waals surface area contributed by atoms with Crippen LogP contribution >= 0.6 is 0 Å². The molecule has 1 aliphatic carbocycles. The monoisotopic (exact) mass is 238 g/mol. The number of carboxylic acid groups (broad SMARTS) is 1. The number of hydrogen-bond acceptors (Lipinski definition) is 4. The van der Waals surface area contributed by atoms with Crippen LogP contribution in [0.15, 0.2) is 12.4 Å². The molecule has 17 heavy (non-hydrogen) atoms. The first kappa shape index (κ1) is 11.6. The average molecular weight is 238 g/mol. The second kappa shape index (κ2) is 4.52. The summed E-state index contributed by atoms with van der Waals surface area (Å²) in [5, 5.41) is 19.0. The van der Waals surface area contributed by atoms with Gasteiger partial charge in [0.2, 0.25) is 5.91 Å². The van der Waals surface area contributed by atoms with Gasteiger partial charge in [0.15, 0.2) is 0 Å². The molecule has 1 aromatic heterocycles. The molecule has 0 aromatic carbocycles. The van der Waals surface area contributed by atoms with Crippen LogP contribution in [0.5, 0.6) is 0 Å². The first-order chi connectivity index (χ1) is 8.12. The number of carbonyl (C=O) groups excluding carboxylic acids is 1. The molecule has 7 heteroatoms. The molecule has 1 heterocycles. The van der Waals surface area contributed by atoms with Gasteiger partial charge in [0.25, 0.3) is 0 Å². The zero-order valence-electron chi connectivity index (χ0n) is 9.30. The summed E-state index contributed by atoms with van der Waals surface area (Å²) < 4.78 is 1.36. The number of hydrogen-bond donors (Lipinski definition) is 2. The zero-order chi connectivity index (χ0) is 12.3. The molecule has 1 aliphatic rings. The maximum Gasteiger partial charge on any atom is 0.329 e. The van der Waals surface area contributed by atoms with Crippen LogP contribution in [0.1, 0.15) is 25.7 Å². The smallest absolute Gasteiger partial charge is 0.329 e. The molecule has 1 aromatic rings. The Hall–Kier alpha value is -1.92. The van der Waals surface area contributed by atoms with Gasteiger partial charge in [-0.15, -0.1) is 5.10 Å². The molecule has 1 fully saturated rings. The van der Waals surface area contributed by atoms with Crippen molar-refractivity contribution >= 4 is 11.9 Å². The van der Waals surface area contributed by atoms with Gasteiger partial charge in [0.1, 0.15) is 12.1 Å². The number of nitrogens with zero attached hydrogens (tertiary/aromatic N) is 3. The van der Waals surface area contributed by atoms with E-state index in [1.807, 2.05) is 0 Å². The van der Waals surface area contributed by atoms with E-state index in [4.69, 9.17) is 0 Å². The van der Waals surface area contributed by atoms with Gasteiger partial charge in [0.05, 0.1) is 6.20 Å². The Bertz CT molecular complexity index is 409. The molecule has 7 nitrogen and oxygen atoms in total. The zero-order valence-corrected chi connectivity index (χ0v) is 9.30. The third-order valence-electron chi connectivity index (χ3n) is 3.02. The Morgan fingerprint density at radius 3 is 2.65 bits per heavy atom. The molecule has 1 amide bonds. The van der Waals surface area contributed by atoms with Crippen molar-refractivity contribution in [1.82, 2.24) is 20.3 Å². The van der Waals surface area contributed by atoms with Crippen molar-refractivity contribution in [1.29, 1.82) is 0 Å². The number of carboxylic acids is 1. The lowest BCUT2D eigenvalue weighted by Crippen LogP contribution is -2.53. The Balaban J connectivity index is 1.99. The lowest BCUT2D eigenvalue weighted by Gasteiger charge is -2.25. The fraction of sp³-hybridized carbons (Fsp3) is 0.600. The number of carbonyl (C=O) groups is 2. The molecule has 2 rings (SSSR count). The molecular weight excluding hydrogens is 224 g/mol. The lowest BCUT2D eigenvalue weighted by atomic mass is 9.98. The van der Waals surface area contributed by atoms with Gasteiger partial charge in [0, 0.05) is 6.20 Å². The number of rotatable bonds is 4. The third-order valence-corrected chi connectivity index (χ3v) is 3.02. The Morgan fingerprint density at radius 1 is 1.41 bits per heavy atom. The van der Waals surface area contributed by atoms with Gasteiger partial charge in [-0.25, -0.2) is 9.48 Å². The summed E-state index contributed by atoms with van der Waals surface area (Å²) in [7, 11) is 0. The van der Waals surface area contributed by atoms with Crippen molar-refractivity contribution in [3.05, 3.63) is 12.4 Å². The van der Waals surface area contributed by atoms with E-state index in [0.29, 0.717) is 12.8 Å². The van der Waals surface area contributed by atoms with Gasteiger partial charge in [-0.3, -0.25) is 4.79 Å². The highest BCUT2D eigenvalue weighted by Gasteiger charge is 2.42. The van der Waals surface area contributed by atoms with E-state index in [2.05, 4.69) is 15.6 Å². The minimum absolute atomic E-state index is 0.00493. The second-order valence-corrected chi connectivity index (χ2v) is 4.24. The van der Waals surface area contributed by atoms with E-state index < -0.39 is 11.5 Å². The third kappa shape index (κ3) is 2.43. The maximum absolute atomic E-state index is 11.7. The van der Waals surface area contributed by atoms with Crippen molar-refractivity contribution < 1.29 is 14.7 Å². The molecule has 0 unspecified atom stereocenters. The van der Waals surface area contributed by atoms with Crippen LogP contribution in [0.2, 0.25) is 0 Å². The molecule has 0 bridgehead atoms. The van der Waals surface area contributed by atoms with E-state index in [9.17, 15) is 14.7 Å². The highest BCUT2D eigenvalue weighted by atomic mass is 16.4. The van der Waals surface area contributed by atoms with Crippen molar-refractivity contribution in [2.75, 3.05) is 0 Å². The molecule has 0 spiro atoms. The minimum Gasteiger partial charge on any atom is -0.480 e. The van der Waals surface area contributed by atoms with E-state index in [-0.39, 0.29) is 12.5 Å². The van der Waals surface area contributed by atoms with E-state index in [0.717, 1.165) is 12.8 Å². The Kier molecular flexibility index (Phi) is 3.08. The maximum atomic E-state index is 11.7. The van der Waals surface area contributed by atoms with Gasteiger partial charge in [-0.1, -0.05) is 18.1 Å². The SMILES string of the molecule is O=C(Cn1ccnn1)NC1(C(=O)O)CCCC1. The molecular formula is C10H14N4O3. The predicted octanol–water partition coefficient (Wildman–Crippen LogP) is -0.208. The van der Waals surface area contributed by atoms with E-state index in [1.54, 1.807) is 6.20 Å². The summed E-state index contributed by atoms with van der Waals surface area (Å²) in [5.74, 6) is -1.30. The fourth-order valence-corrected chi connectivity index (χ4v) is 2.14. The molecule has 0 radical (unpaired) electrons. The average Bonchev–Trinajstić information content (AvgIpc) is 2.89. The van der Waals surface area contributed by atoms with Crippen LogP contribution in [0, 0.1) is 0 Å². The summed E-state index contributed by atoms with van der Waals surface area (Å²) in [6.45, 7) is -0.00493. The quantitative estimate of drug-likeness (QED) is 0.756. The van der Waals surface area contributed by atoms with Crippen molar-refractivity contribution in [3.63, 3.8) is 0 Å². The molecule has 0 saturated heterocycles. The molecule has 1 saturated carbocycles. The predicted molar refractivity (Wildman–Crippen MR) is 57.0 cm³/mol. The molecule has 0 atom stereocenters. The van der Waals surface area contributed by atoms with Crippen molar-refractivity contribution in [3.8, 4) is 0 Å². The standard InChI is InChI=1S/C10H14N4O3/c15-8(7-14-6-5-11-13-14)12-10(9(16)17)3-1-2-4-10/h5-6H,1-4,7H2,(H,12,15)(H,16,17). The van der Waals surface area contributed by atoms with Crippen molar-refractivity contribution in [2.45, 2.75) is 37.8 Å². The normalized spacial score (nSPS) is 17.9. The summed E-state index contributed by atoms with van der Waals surface area (Å²) >= 11 is 0. The Morgan fingerprint density at radius 2 is 2.12 bits per heavy atom. The van der Waals surface area contributed by atoms with Gasteiger partial charge in [-0.05, 0) is 12.8 Å². The lowest BCUT2D eigenvalue weighted by molar-refractivity contribution is -0.147. The molecule has 92 valence electrons. The minimum atomic E-state index is -1.09. The molecule has 2 N–H and O–H groups in total. The number of aromatic nitrogens is 3. The van der Waals surface area contributed by atoms with Crippen LogP contribution in [-0.2, 0) is 16.1 Å². The van der Waals surface area contributed by atoms with Gasteiger partial charge >= 0.3 is 5.97 Å². The van der Waals surface area contributed by atoms with E-state index in [1.165, 1.54) is 10.9 Å². The summed E-state index contributed by atoms with van der Waals surface area (Å²) in [5.41, 5.74) is -1.09. The second-order valence-electron chi connectivity index (χ2n) is 4.24. The molecule has 0 aliphatic heterocycles. The van der Waals surface area contributed by atoms with Crippen molar-refractivity contribution in [2.24, 2.45) is 0 Å². The summed E-state index contributed by atoms with van der Waals surface area (Å²) in [6.07, 6.45) is 5.67. The van der Waals surface area contributed by atoms with Crippen LogP contribution in [0.4, 0.5) is 0 Å². The number of nitrogens with one attached hydrogen (secondary N) is 1. The first-order valence-electron chi connectivity index (χ1n) is 5.51. The number of amides is 1. The van der Waals surface area contributed by atoms with Gasteiger partial charge in [-0.2, -0.15) is 0 Å².